The Morgan fingerprint density at radius 3 is 2.46 bits per heavy atom. The van der Waals surface area contributed by atoms with Gasteiger partial charge < -0.3 is 5.32 Å². The quantitative estimate of drug-likeness (QED) is 0.632. The van der Waals surface area contributed by atoms with Crippen LogP contribution in [0.5, 0.6) is 0 Å². The van der Waals surface area contributed by atoms with Crippen LogP contribution in [0, 0.1) is 6.92 Å². The second-order valence-electron chi connectivity index (χ2n) is 4.98. The first-order valence-corrected chi connectivity index (χ1v) is 7.84. The average Bonchev–Trinajstić information content (AvgIpc) is 2.55. The standard InChI is InChI=1S/C17H15Cl2N3O2/c1-11-4-2-5-12(8-11)17(24)20-10-16(23)22-21-9-13-14(18)6-3-7-15(13)19/h2-9H,10H2,1H3,(H,20,24)(H,22,23). The van der Waals surface area contributed by atoms with Crippen LogP contribution >= 0.6 is 23.2 Å². The maximum Gasteiger partial charge on any atom is 0.259 e. The number of amides is 2. The smallest absolute Gasteiger partial charge is 0.259 e. The lowest BCUT2D eigenvalue weighted by molar-refractivity contribution is -0.120. The third-order valence-electron chi connectivity index (χ3n) is 3.07. The lowest BCUT2D eigenvalue weighted by Gasteiger charge is -2.05. The number of hydrogen-bond acceptors (Lipinski definition) is 3. The van der Waals surface area contributed by atoms with Crippen molar-refractivity contribution in [2.24, 2.45) is 5.10 Å². The molecule has 0 spiro atoms. The molecule has 2 amide bonds. The molecule has 124 valence electrons. The summed E-state index contributed by atoms with van der Waals surface area (Å²) in [6, 6.07) is 12.1. The molecule has 0 aliphatic carbocycles. The molecule has 2 aromatic carbocycles. The van der Waals surface area contributed by atoms with Crippen LogP contribution < -0.4 is 10.7 Å². The number of hydrogen-bond donors (Lipinski definition) is 2. The van der Waals surface area contributed by atoms with Gasteiger partial charge in [0.15, 0.2) is 0 Å². The van der Waals surface area contributed by atoms with Crippen molar-refractivity contribution in [1.29, 1.82) is 0 Å². The van der Waals surface area contributed by atoms with E-state index in [0.717, 1.165) is 5.56 Å². The Morgan fingerprint density at radius 1 is 1.12 bits per heavy atom. The maximum atomic E-state index is 11.9. The highest BCUT2D eigenvalue weighted by atomic mass is 35.5. The fraction of sp³-hybridized carbons (Fsp3) is 0.118. The topological polar surface area (TPSA) is 70.6 Å². The molecule has 0 bridgehead atoms. The molecule has 0 atom stereocenters. The molecule has 7 heteroatoms. The number of nitrogens with one attached hydrogen (secondary N) is 2. The van der Waals surface area contributed by atoms with Crippen LogP contribution in [-0.2, 0) is 4.79 Å². The molecule has 5 nitrogen and oxygen atoms in total. The lowest BCUT2D eigenvalue weighted by Crippen LogP contribution is -2.34. The molecule has 0 heterocycles. The second kappa shape index (κ2) is 8.47. The first-order valence-electron chi connectivity index (χ1n) is 7.08. The van der Waals surface area contributed by atoms with Crippen molar-refractivity contribution in [3.8, 4) is 0 Å². The van der Waals surface area contributed by atoms with Gasteiger partial charge in [-0.05, 0) is 31.2 Å². The third kappa shape index (κ3) is 5.08. The molecule has 0 aliphatic heterocycles. The van der Waals surface area contributed by atoms with E-state index in [1.54, 1.807) is 36.4 Å². The van der Waals surface area contributed by atoms with Crippen LogP contribution in [0.15, 0.2) is 47.6 Å². The Bertz CT molecular complexity index is 771. The van der Waals surface area contributed by atoms with Gasteiger partial charge in [-0.1, -0.05) is 47.0 Å². The van der Waals surface area contributed by atoms with E-state index in [0.29, 0.717) is 21.2 Å². The van der Waals surface area contributed by atoms with E-state index in [4.69, 9.17) is 23.2 Å². The zero-order chi connectivity index (χ0) is 17.5. The van der Waals surface area contributed by atoms with Crippen LogP contribution in [0.2, 0.25) is 10.0 Å². The largest absolute Gasteiger partial charge is 0.343 e. The minimum Gasteiger partial charge on any atom is -0.343 e. The van der Waals surface area contributed by atoms with Gasteiger partial charge in [-0.15, -0.1) is 0 Å². The van der Waals surface area contributed by atoms with E-state index in [2.05, 4.69) is 15.8 Å². The fourth-order valence-electron chi connectivity index (χ4n) is 1.89. The number of hydrazone groups is 1. The Labute approximate surface area is 149 Å². The molecule has 0 saturated carbocycles. The fourth-order valence-corrected chi connectivity index (χ4v) is 2.39. The number of rotatable bonds is 5. The van der Waals surface area contributed by atoms with Crippen molar-refractivity contribution >= 4 is 41.2 Å². The van der Waals surface area contributed by atoms with E-state index in [1.807, 2.05) is 13.0 Å². The summed E-state index contributed by atoms with van der Waals surface area (Å²) in [5.41, 5.74) is 4.27. The Morgan fingerprint density at radius 2 is 1.79 bits per heavy atom. The van der Waals surface area contributed by atoms with E-state index in [-0.39, 0.29) is 12.5 Å². The molecular weight excluding hydrogens is 349 g/mol. The lowest BCUT2D eigenvalue weighted by atomic mass is 10.1. The summed E-state index contributed by atoms with van der Waals surface area (Å²) < 4.78 is 0. The highest BCUT2D eigenvalue weighted by Crippen LogP contribution is 2.21. The maximum absolute atomic E-state index is 11.9. The summed E-state index contributed by atoms with van der Waals surface area (Å²) in [5, 5.41) is 7.15. The summed E-state index contributed by atoms with van der Waals surface area (Å²) >= 11 is 12.0. The van der Waals surface area contributed by atoms with Gasteiger partial charge in [-0.2, -0.15) is 5.10 Å². The molecule has 0 fully saturated rings. The summed E-state index contributed by atoms with van der Waals surface area (Å²) in [7, 11) is 0. The molecular formula is C17H15Cl2N3O2. The van der Waals surface area contributed by atoms with Crippen LogP contribution in [-0.4, -0.2) is 24.6 Å². The van der Waals surface area contributed by atoms with E-state index in [1.165, 1.54) is 6.21 Å². The third-order valence-corrected chi connectivity index (χ3v) is 3.73. The van der Waals surface area contributed by atoms with Crippen molar-refractivity contribution in [1.82, 2.24) is 10.7 Å². The van der Waals surface area contributed by atoms with E-state index in [9.17, 15) is 9.59 Å². The van der Waals surface area contributed by atoms with Crippen molar-refractivity contribution in [3.05, 3.63) is 69.2 Å². The van der Waals surface area contributed by atoms with Crippen molar-refractivity contribution < 1.29 is 9.59 Å². The van der Waals surface area contributed by atoms with Gasteiger partial charge in [0.1, 0.15) is 0 Å². The van der Waals surface area contributed by atoms with Crippen LogP contribution in [0.1, 0.15) is 21.5 Å². The van der Waals surface area contributed by atoms with Gasteiger partial charge in [0.2, 0.25) is 0 Å². The minimum atomic E-state index is -0.463. The van der Waals surface area contributed by atoms with Gasteiger partial charge in [-0.3, -0.25) is 9.59 Å². The number of carbonyl (C=O) groups is 2. The molecule has 24 heavy (non-hydrogen) atoms. The first-order chi connectivity index (χ1) is 11.5. The summed E-state index contributed by atoms with van der Waals surface area (Å²) in [4.78, 5) is 23.6. The molecule has 2 rings (SSSR count). The normalized spacial score (nSPS) is 10.6. The summed E-state index contributed by atoms with van der Waals surface area (Å²) in [5.74, 6) is -0.789. The molecule has 2 aromatic rings. The number of nitrogens with zero attached hydrogens (tertiary/aromatic N) is 1. The van der Waals surface area contributed by atoms with E-state index >= 15 is 0 Å². The number of benzene rings is 2. The SMILES string of the molecule is Cc1cccc(C(=O)NCC(=O)NN=Cc2c(Cl)cccc2Cl)c1. The van der Waals surface area contributed by atoms with Crippen molar-refractivity contribution in [3.63, 3.8) is 0 Å². The van der Waals surface area contributed by atoms with Crippen LogP contribution in [0.25, 0.3) is 0 Å². The number of aryl methyl sites for hydroxylation is 1. The second-order valence-corrected chi connectivity index (χ2v) is 5.80. The Balaban J connectivity index is 1.85. The Kier molecular flexibility index (Phi) is 6.35. The number of halogens is 2. The zero-order valence-corrected chi connectivity index (χ0v) is 14.4. The van der Waals surface area contributed by atoms with Crippen molar-refractivity contribution in [2.45, 2.75) is 6.92 Å². The van der Waals surface area contributed by atoms with Gasteiger partial charge in [-0.25, -0.2) is 5.43 Å². The number of carbonyl (C=O) groups excluding carboxylic acids is 2. The molecule has 0 aromatic heterocycles. The predicted octanol–water partition coefficient (Wildman–Crippen LogP) is 3.18. The minimum absolute atomic E-state index is 0.194. The first kappa shape index (κ1) is 18.0. The molecule has 0 saturated heterocycles. The molecule has 0 radical (unpaired) electrons. The van der Waals surface area contributed by atoms with Crippen molar-refractivity contribution in [2.75, 3.05) is 6.54 Å². The average molecular weight is 364 g/mol. The van der Waals surface area contributed by atoms with Gasteiger partial charge in [0, 0.05) is 11.1 Å². The monoisotopic (exact) mass is 363 g/mol. The van der Waals surface area contributed by atoms with Gasteiger partial charge in [0.25, 0.3) is 11.8 Å². The zero-order valence-electron chi connectivity index (χ0n) is 12.8. The van der Waals surface area contributed by atoms with Gasteiger partial charge in [0.05, 0.1) is 22.8 Å². The van der Waals surface area contributed by atoms with Crippen LogP contribution in [0.4, 0.5) is 0 Å². The Hall–Kier alpha value is -2.37. The van der Waals surface area contributed by atoms with E-state index < -0.39 is 5.91 Å². The molecule has 0 unspecified atom stereocenters. The highest BCUT2D eigenvalue weighted by molar-refractivity contribution is 6.38. The van der Waals surface area contributed by atoms with Crippen LogP contribution in [0.3, 0.4) is 0 Å². The summed E-state index contributed by atoms with van der Waals surface area (Å²) in [6.45, 7) is 1.69. The predicted molar refractivity (Wildman–Crippen MR) is 95.7 cm³/mol. The highest BCUT2D eigenvalue weighted by Gasteiger charge is 2.08. The molecule has 0 aliphatic rings. The van der Waals surface area contributed by atoms with Gasteiger partial charge >= 0.3 is 0 Å². The molecule has 2 N–H and O–H groups in total. The summed E-state index contributed by atoms with van der Waals surface area (Å²) in [6.07, 6.45) is 1.35.